The van der Waals surface area contributed by atoms with Gasteiger partial charge in [0.15, 0.2) is 0 Å². The lowest BCUT2D eigenvalue weighted by atomic mass is 9.96. The van der Waals surface area contributed by atoms with Crippen molar-refractivity contribution in [1.29, 1.82) is 0 Å². The molecular formula is C24H27N5O2S. The number of aromatic nitrogens is 1. The zero-order chi connectivity index (χ0) is 22.3. The molecule has 0 aliphatic heterocycles. The van der Waals surface area contributed by atoms with Crippen molar-refractivity contribution in [1.82, 2.24) is 15.7 Å². The Morgan fingerprint density at radius 3 is 2.44 bits per heavy atom. The molecule has 1 aromatic heterocycles. The second kappa shape index (κ2) is 10.3. The number of benzene rings is 2. The molecule has 1 aliphatic rings. The molecule has 0 atom stereocenters. The minimum Gasteiger partial charge on any atom is -0.334 e. The van der Waals surface area contributed by atoms with Gasteiger partial charge in [-0.1, -0.05) is 67.3 Å². The van der Waals surface area contributed by atoms with Crippen LogP contribution in [0.1, 0.15) is 37.7 Å². The number of aryl methyl sites for hydroxylation is 1. The molecular weight excluding hydrogens is 422 g/mol. The van der Waals surface area contributed by atoms with E-state index < -0.39 is 12.1 Å². The summed E-state index contributed by atoms with van der Waals surface area (Å²) in [5, 5.41) is 9.24. The van der Waals surface area contributed by atoms with Gasteiger partial charge in [0.2, 0.25) is 5.13 Å². The van der Waals surface area contributed by atoms with E-state index in [1.807, 2.05) is 54.8 Å². The predicted molar refractivity (Wildman–Crippen MR) is 129 cm³/mol. The zero-order valence-electron chi connectivity index (χ0n) is 18.0. The summed E-state index contributed by atoms with van der Waals surface area (Å²) in [7, 11) is 0. The molecule has 166 valence electrons. The molecule has 0 unspecified atom stereocenters. The quantitative estimate of drug-likeness (QED) is 0.446. The number of hydrazine groups is 1. The van der Waals surface area contributed by atoms with Crippen LogP contribution in [-0.2, 0) is 0 Å². The number of nitrogens with one attached hydrogen (secondary N) is 3. The normalized spacial score (nSPS) is 13.9. The molecule has 0 saturated heterocycles. The molecule has 0 bridgehead atoms. The second-order valence-corrected chi connectivity index (χ2v) is 8.77. The van der Waals surface area contributed by atoms with Gasteiger partial charge in [-0.05, 0) is 31.9 Å². The van der Waals surface area contributed by atoms with E-state index in [4.69, 9.17) is 0 Å². The smallest absolute Gasteiger partial charge is 0.334 e. The summed E-state index contributed by atoms with van der Waals surface area (Å²) in [5.41, 5.74) is 6.19. The molecule has 4 rings (SSSR count). The van der Waals surface area contributed by atoms with E-state index in [-0.39, 0.29) is 6.04 Å². The molecule has 7 nitrogen and oxygen atoms in total. The van der Waals surface area contributed by atoms with Crippen LogP contribution in [0.15, 0.2) is 60.0 Å². The minimum atomic E-state index is -0.486. The highest BCUT2D eigenvalue weighted by molar-refractivity contribution is 7.14. The molecule has 1 heterocycles. The van der Waals surface area contributed by atoms with Crippen LogP contribution in [0.5, 0.6) is 0 Å². The lowest BCUT2D eigenvalue weighted by Crippen LogP contribution is -2.54. The van der Waals surface area contributed by atoms with Crippen LogP contribution in [0, 0.1) is 6.92 Å². The van der Waals surface area contributed by atoms with Crippen molar-refractivity contribution in [3.63, 3.8) is 0 Å². The van der Waals surface area contributed by atoms with Crippen molar-refractivity contribution in [2.24, 2.45) is 0 Å². The standard InChI is InChI=1S/C24H27N5O2S/c1-17-12-14-18(15-13-17)21-16-32-24(27-21)29(23(31)26-20-10-6-3-7-11-20)28-22(30)25-19-8-4-2-5-9-19/h3,6-7,10-16,19H,2,4-5,8-9H2,1H3,(H,26,31)(H2,25,28,30). The van der Waals surface area contributed by atoms with Gasteiger partial charge in [-0.15, -0.1) is 11.3 Å². The average Bonchev–Trinajstić information content (AvgIpc) is 3.29. The van der Waals surface area contributed by atoms with Gasteiger partial charge in [0.25, 0.3) is 0 Å². The molecule has 32 heavy (non-hydrogen) atoms. The van der Waals surface area contributed by atoms with Gasteiger partial charge in [0.05, 0.1) is 5.69 Å². The van der Waals surface area contributed by atoms with Crippen LogP contribution >= 0.6 is 11.3 Å². The third-order valence-corrected chi connectivity index (χ3v) is 6.24. The summed E-state index contributed by atoms with van der Waals surface area (Å²) >= 11 is 1.30. The summed E-state index contributed by atoms with van der Waals surface area (Å²) in [6.45, 7) is 2.03. The fraction of sp³-hybridized carbons (Fsp3) is 0.292. The van der Waals surface area contributed by atoms with E-state index in [0.717, 1.165) is 42.5 Å². The average molecular weight is 450 g/mol. The number of carbonyl (C=O) groups is 2. The first-order valence-electron chi connectivity index (χ1n) is 10.8. The fourth-order valence-corrected chi connectivity index (χ4v) is 4.47. The van der Waals surface area contributed by atoms with Crippen LogP contribution in [0.2, 0.25) is 0 Å². The highest BCUT2D eigenvalue weighted by Gasteiger charge is 2.24. The number of carbonyl (C=O) groups excluding carboxylic acids is 2. The first kappa shape index (κ1) is 21.8. The monoisotopic (exact) mass is 449 g/mol. The molecule has 3 N–H and O–H groups in total. The summed E-state index contributed by atoms with van der Waals surface area (Å²) < 4.78 is 0. The summed E-state index contributed by atoms with van der Waals surface area (Å²) in [5.74, 6) is 0. The minimum absolute atomic E-state index is 0.127. The third kappa shape index (κ3) is 5.64. The van der Waals surface area contributed by atoms with Crippen molar-refractivity contribution in [2.75, 3.05) is 10.3 Å². The third-order valence-electron chi connectivity index (χ3n) is 5.41. The first-order valence-corrected chi connectivity index (χ1v) is 11.7. The second-order valence-electron chi connectivity index (χ2n) is 7.93. The van der Waals surface area contributed by atoms with Gasteiger partial charge >= 0.3 is 12.1 Å². The molecule has 1 aliphatic carbocycles. The Balaban J connectivity index is 1.53. The van der Waals surface area contributed by atoms with Gasteiger partial charge in [-0.3, -0.25) is 0 Å². The predicted octanol–water partition coefficient (Wildman–Crippen LogP) is 5.70. The van der Waals surface area contributed by atoms with Gasteiger partial charge in [0, 0.05) is 22.7 Å². The van der Waals surface area contributed by atoms with Gasteiger partial charge < -0.3 is 10.6 Å². The van der Waals surface area contributed by atoms with Crippen molar-refractivity contribution in [3.8, 4) is 11.3 Å². The number of amides is 4. The van der Waals surface area contributed by atoms with Crippen LogP contribution < -0.4 is 21.1 Å². The maximum Gasteiger partial charge on any atom is 0.347 e. The molecule has 8 heteroatoms. The van der Waals surface area contributed by atoms with Gasteiger partial charge in [0.1, 0.15) is 0 Å². The van der Waals surface area contributed by atoms with Crippen LogP contribution in [0.25, 0.3) is 11.3 Å². The Bertz CT molecular complexity index is 1050. The van der Waals surface area contributed by atoms with Crippen molar-refractivity contribution >= 4 is 34.2 Å². The van der Waals surface area contributed by atoms with Crippen molar-refractivity contribution in [2.45, 2.75) is 45.1 Å². The topological polar surface area (TPSA) is 86.4 Å². The molecule has 2 aromatic carbocycles. The Labute approximate surface area is 191 Å². The maximum atomic E-state index is 13.1. The Morgan fingerprint density at radius 1 is 1.00 bits per heavy atom. The Hall–Kier alpha value is -3.39. The van der Waals surface area contributed by atoms with Crippen LogP contribution in [-0.4, -0.2) is 23.1 Å². The molecule has 1 saturated carbocycles. The van der Waals surface area contributed by atoms with E-state index >= 15 is 0 Å². The number of nitrogens with zero attached hydrogens (tertiary/aromatic N) is 2. The molecule has 0 radical (unpaired) electrons. The summed E-state index contributed by atoms with van der Waals surface area (Å²) in [6, 6.07) is 16.4. The van der Waals surface area contributed by atoms with E-state index in [9.17, 15) is 9.59 Å². The lowest BCUT2D eigenvalue weighted by Gasteiger charge is -2.26. The van der Waals surface area contributed by atoms with Gasteiger partial charge in [-0.25, -0.2) is 20.0 Å². The number of rotatable bonds is 4. The number of thiazole rings is 1. The number of hydrogen-bond donors (Lipinski definition) is 3. The van der Waals surface area contributed by atoms with E-state index in [2.05, 4.69) is 21.0 Å². The molecule has 4 amide bonds. The number of para-hydroxylation sites is 1. The summed E-state index contributed by atoms with van der Waals surface area (Å²) in [4.78, 5) is 30.4. The summed E-state index contributed by atoms with van der Waals surface area (Å²) in [6.07, 6.45) is 5.33. The van der Waals surface area contributed by atoms with Crippen LogP contribution in [0.3, 0.4) is 0 Å². The SMILES string of the molecule is Cc1ccc(-c2csc(N(NC(=O)NC3CCCCC3)C(=O)Nc3ccccc3)n2)cc1. The molecule has 0 spiro atoms. The van der Waals surface area contributed by atoms with E-state index in [1.54, 1.807) is 12.1 Å². The van der Waals surface area contributed by atoms with Crippen molar-refractivity contribution in [3.05, 3.63) is 65.5 Å². The highest BCUT2D eigenvalue weighted by Crippen LogP contribution is 2.27. The zero-order valence-corrected chi connectivity index (χ0v) is 18.8. The number of urea groups is 2. The first-order chi connectivity index (χ1) is 15.6. The Morgan fingerprint density at radius 2 is 1.72 bits per heavy atom. The maximum absolute atomic E-state index is 13.1. The van der Waals surface area contributed by atoms with Crippen LogP contribution in [0.4, 0.5) is 20.4 Å². The van der Waals surface area contributed by atoms with Crippen molar-refractivity contribution < 1.29 is 9.59 Å². The lowest BCUT2D eigenvalue weighted by molar-refractivity contribution is 0.228. The fourth-order valence-electron chi connectivity index (χ4n) is 3.68. The Kier molecular flexibility index (Phi) is 7.01. The van der Waals surface area contributed by atoms with Gasteiger partial charge in [-0.2, -0.15) is 5.01 Å². The van der Waals surface area contributed by atoms with E-state index in [0.29, 0.717) is 10.8 Å². The van der Waals surface area contributed by atoms with E-state index in [1.165, 1.54) is 22.8 Å². The highest BCUT2D eigenvalue weighted by atomic mass is 32.1. The number of hydrogen-bond acceptors (Lipinski definition) is 4. The number of anilines is 2. The molecule has 1 fully saturated rings. The largest absolute Gasteiger partial charge is 0.347 e. The molecule has 3 aromatic rings.